The van der Waals surface area contributed by atoms with Crippen LogP contribution in [0.1, 0.15) is 31.4 Å². The Labute approximate surface area is 96.7 Å². The van der Waals surface area contributed by atoms with Crippen molar-refractivity contribution in [1.82, 2.24) is 0 Å². The largest absolute Gasteiger partial charge is 0.385 e. The van der Waals surface area contributed by atoms with E-state index in [9.17, 15) is 0 Å². The molecule has 1 N–H and O–H groups in total. The number of thioether (sulfide) groups is 1. The molecule has 1 aromatic carbocycles. The topological polar surface area (TPSA) is 12.0 Å². The standard InChI is InChI=1S/C13H19NS/c1-10(2)15-9-12-6-3-5-11-7-4-8-14-13(11)12/h3,5-6,10,14H,4,7-9H2,1-2H3. The lowest BCUT2D eigenvalue weighted by atomic mass is 10.0. The first kappa shape index (κ1) is 10.9. The van der Waals surface area contributed by atoms with Crippen LogP contribution in [0.5, 0.6) is 0 Å². The van der Waals surface area contributed by atoms with Gasteiger partial charge >= 0.3 is 0 Å². The van der Waals surface area contributed by atoms with Gasteiger partial charge in [0.25, 0.3) is 0 Å². The minimum Gasteiger partial charge on any atom is -0.385 e. The van der Waals surface area contributed by atoms with Gasteiger partial charge in [0.05, 0.1) is 0 Å². The van der Waals surface area contributed by atoms with E-state index in [-0.39, 0.29) is 0 Å². The average Bonchev–Trinajstić information content (AvgIpc) is 2.26. The molecule has 0 unspecified atom stereocenters. The van der Waals surface area contributed by atoms with Crippen molar-refractivity contribution in [2.45, 2.75) is 37.7 Å². The van der Waals surface area contributed by atoms with Crippen molar-refractivity contribution < 1.29 is 0 Å². The summed E-state index contributed by atoms with van der Waals surface area (Å²) in [6.45, 7) is 5.65. The Morgan fingerprint density at radius 1 is 1.40 bits per heavy atom. The molecule has 2 rings (SSSR count). The Balaban J connectivity index is 2.16. The Morgan fingerprint density at radius 3 is 3.07 bits per heavy atom. The lowest BCUT2D eigenvalue weighted by Crippen LogP contribution is -2.13. The first-order valence-electron chi connectivity index (χ1n) is 5.73. The zero-order chi connectivity index (χ0) is 10.7. The van der Waals surface area contributed by atoms with Crippen molar-refractivity contribution in [3.63, 3.8) is 0 Å². The average molecular weight is 221 g/mol. The normalized spacial score (nSPS) is 14.9. The molecular weight excluding hydrogens is 202 g/mol. The second-order valence-electron chi connectivity index (χ2n) is 4.34. The van der Waals surface area contributed by atoms with Gasteiger partial charge in [0, 0.05) is 18.0 Å². The van der Waals surface area contributed by atoms with E-state index in [2.05, 4.69) is 37.4 Å². The van der Waals surface area contributed by atoms with Gasteiger partial charge in [-0.25, -0.2) is 0 Å². The number of para-hydroxylation sites is 1. The number of nitrogens with one attached hydrogen (secondary N) is 1. The fourth-order valence-electron chi connectivity index (χ4n) is 1.96. The van der Waals surface area contributed by atoms with Gasteiger partial charge in [0.15, 0.2) is 0 Å². The molecule has 0 amide bonds. The van der Waals surface area contributed by atoms with Crippen molar-refractivity contribution >= 4 is 17.4 Å². The van der Waals surface area contributed by atoms with Gasteiger partial charge in [-0.1, -0.05) is 32.0 Å². The van der Waals surface area contributed by atoms with Crippen LogP contribution in [0.4, 0.5) is 5.69 Å². The van der Waals surface area contributed by atoms with E-state index in [1.54, 1.807) is 0 Å². The van der Waals surface area contributed by atoms with Crippen LogP contribution in [0.15, 0.2) is 18.2 Å². The lowest BCUT2D eigenvalue weighted by molar-refractivity contribution is 0.827. The van der Waals surface area contributed by atoms with E-state index in [0.717, 1.165) is 12.3 Å². The first-order valence-corrected chi connectivity index (χ1v) is 6.78. The zero-order valence-corrected chi connectivity index (χ0v) is 10.4. The summed E-state index contributed by atoms with van der Waals surface area (Å²) in [5, 5.41) is 4.25. The van der Waals surface area contributed by atoms with Crippen LogP contribution in [-0.2, 0) is 12.2 Å². The third-order valence-corrected chi connectivity index (χ3v) is 3.88. The summed E-state index contributed by atoms with van der Waals surface area (Å²) in [4.78, 5) is 0. The maximum atomic E-state index is 3.54. The molecule has 2 heteroatoms. The van der Waals surface area contributed by atoms with E-state index in [0.29, 0.717) is 5.25 Å². The molecule has 0 saturated carbocycles. The fraction of sp³-hybridized carbons (Fsp3) is 0.538. The predicted octanol–water partition coefficient (Wildman–Crippen LogP) is 3.69. The summed E-state index contributed by atoms with van der Waals surface area (Å²) in [7, 11) is 0. The molecule has 0 bridgehead atoms. The first-order chi connectivity index (χ1) is 7.27. The number of fused-ring (bicyclic) bond motifs is 1. The van der Waals surface area contributed by atoms with E-state index in [1.807, 2.05) is 11.8 Å². The summed E-state index contributed by atoms with van der Waals surface area (Å²) in [5.41, 5.74) is 4.39. The highest BCUT2D eigenvalue weighted by Crippen LogP contribution is 2.29. The van der Waals surface area contributed by atoms with Gasteiger partial charge in [-0.2, -0.15) is 11.8 Å². The zero-order valence-electron chi connectivity index (χ0n) is 9.55. The number of hydrogen-bond donors (Lipinski definition) is 1. The number of anilines is 1. The number of rotatable bonds is 3. The second kappa shape index (κ2) is 4.93. The second-order valence-corrected chi connectivity index (χ2v) is 5.91. The number of hydrogen-bond acceptors (Lipinski definition) is 2. The van der Waals surface area contributed by atoms with Gasteiger partial charge < -0.3 is 5.32 Å². The lowest BCUT2D eigenvalue weighted by Gasteiger charge is -2.21. The van der Waals surface area contributed by atoms with Crippen LogP contribution in [0, 0.1) is 0 Å². The molecule has 0 fully saturated rings. The molecule has 1 aliphatic rings. The van der Waals surface area contributed by atoms with Gasteiger partial charge in [-0.05, 0) is 29.2 Å². The SMILES string of the molecule is CC(C)SCc1cccc2c1NCCC2. The van der Waals surface area contributed by atoms with Crippen LogP contribution in [0.25, 0.3) is 0 Å². The maximum absolute atomic E-state index is 3.54. The summed E-state index contributed by atoms with van der Waals surface area (Å²) in [6, 6.07) is 6.71. The molecule has 1 nitrogen and oxygen atoms in total. The molecule has 0 aromatic heterocycles. The summed E-state index contributed by atoms with van der Waals surface area (Å²) in [6.07, 6.45) is 2.51. The molecule has 0 atom stereocenters. The molecule has 15 heavy (non-hydrogen) atoms. The molecule has 1 aromatic rings. The summed E-state index contributed by atoms with van der Waals surface area (Å²) < 4.78 is 0. The third kappa shape index (κ3) is 2.69. The quantitative estimate of drug-likeness (QED) is 0.835. The number of aryl methyl sites for hydroxylation is 1. The van der Waals surface area contributed by atoms with Crippen molar-refractivity contribution in [2.24, 2.45) is 0 Å². The van der Waals surface area contributed by atoms with Crippen LogP contribution >= 0.6 is 11.8 Å². The smallest absolute Gasteiger partial charge is 0.0413 e. The van der Waals surface area contributed by atoms with Crippen molar-refractivity contribution in [1.29, 1.82) is 0 Å². The highest BCUT2D eigenvalue weighted by Gasteiger charge is 2.12. The van der Waals surface area contributed by atoms with Crippen LogP contribution in [0.3, 0.4) is 0 Å². The van der Waals surface area contributed by atoms with Gasteiger partial charge in [0.2, 0.25) is 0 Å². The van der Waals surface area contributed by atoms with E-state index in [1.165, 1.54) is 29.7 Å². The molecule has 82 valence electrons. The third-order valence-electron chi connectivity index (χ3n) is 2.73. The summed E-state index contributed by atoms with van der Waals surface area (Å²) >= 11 is 2.02. The van der Waals surface area contributed by atoms with Gasteiger partial charge in [-0.15, -0.1) is 0 Å². The van der Waals surface area contributed by atoms with Crippen LogP contribution < -0.4 is 5.32 Å². The minimum absolute atomic E-state index is 0.712. The monoisotopic (exact) mass is 221 g/mol. The predicted molar refractivity (Wildman–Crippen MR) is 69.7 cm³/mol. The van der Waals surface area contributed by atoms with E-state index < -0.39 is 0 Å². The molecule has 1 aliphatic heterocycles. The van der Waals surface area contributed by atoms with Crippen LogP contribution in [0.2, 0.25) is 0 Å². The highest BCUT2D eigenvalue weighted by molar-refractivity contribution is 7.99. The molecule has 0 aliphatic carbocycles. The van der Waals surface area contributed by atoms with Crippen LogP contribution in [-0.4, -0.2) is 11.8 Å². The Morgan fingerprint density at radius 2 is 2.27 bits per heavy atom. The van der Waals surface area contributed by atoms with Crippen molar-refractivity contribution in [3.8, 4) is 0 Å². The summed E-state index contributed by atoms with van der Waals surface area (Å²) in [5.74, 6) is 1.13. The maximum Gasteiger partial charge on any atom is 0.0413 e. The van der Waals surface area contributed by atoms with E-state index in [4.69, 9.17) is 0 Å². The molecule has 0 radical (unpaired) electrons. The van der Waals surface area contributed by atoms with Crippen molar-refractivity contribution in [3.05, 3.63) is 29.3 Å². The minimum atomic E-state index is 0.712. The fourth-order valence-corrected chi connectivity index (χ4v) is 2.71. The van der Waals surface area contributed by atoms with Gasteiger partial charge in [-0.3, -0.25) is 0 Å². The van der Waals surface area contributed by atoms with Crippen molar-refractivity contribution in [2.75, 3.05) is 11.9 Å². The Bertz CT molecular complexity index is 333. The molecule has 0 spiro atoms. The molecule has 1 heterocycles. The Kier molecular flexibility index (Phi) is 3.57. The van der Waals surface area contributed by atoms with E-state index >= 15 is 0 Å². The Hall–Kier alpha value is -0.630. The van der Waals surface area contributed by atoms with Gasteiger partial charge in [0.1, 0.15) is 0 Å². The molecule has 0 saturated heterocycles. The number of benzene rings is 1. The highest BCUT2D eigenvalue weighted by atomic mass is 32.2. The molecular formula is C13H19NS.